The van der Waals surface area contributed by atoms with Gasteiger partial charge in [-0.15, -0.1) is 0 Å². The lowest BCUT2D eigenvalue weighted by Crippen LogP contribution is -2.60. The second-order valence-corrected chi connectivity index (χ2v) is 6.09. The number of fused-ring (bicyclic) bond motifs is 3. The first-order chi connectivity index (χ1) is 11.3. The summed E-state index contributed by atoms with van der Waals surface area (Å²) in [4.78, 5) is 21.4. The molecule has 0 saturated carbocycles. The number of aromatic nitrogens is 1. The first-order valence-electron chi connectivity index (χ1n) is 8.10. The Morgan fingerprint density at radius 2 is 2.00 bits per heavy atom. The fraction of sp³-hybridized carbons (Fsp3) is 0.333. The molecule has 1 aromatic heterocycles. The fourth-order valence-corrected chi connectivity index (χ4v) is 3.42. The Bertz CT molecular complexity index is 703. The molecule has 1 N–H and O–H groups in total. The Balaban J connectivity index is 1.44. The lowest BCUT2D eigenvalue weighted by Gasteiger charge is -2.45. The number of anilines is 2. The zero-order valence-corrected chi connectivity index (χ0v) is 13.0. The van der Waals surface area contributed by atoms with Crippen molar-refractivity contribution in [1.29, 1.82) is 0 Å². The first kappa shape index (κ1) is 14.2. The maximum atomic E-state index is 12.4. The molecule has 4 rings (SSSR count). The van der Waals surface area contributed by atoms with Crippen molar-refractivity contribution in [2.75, 3.05) is 36.4 Å². The summed E-state index contributed by atoms with van der Waals surface area (Å²) in [6.45, 7) is 3.57. The highest BCUT2D eigenvalue weighted by Crippen LogP contribution is 2.33. The van der Waals surface area contributed by atoms with Gasteiger partial charge >= 0.3 is 0 Å². The maximum Gasteiger partial charge on any atom is 0.248 e. The van der Waals surface area contributed by atoms with Crippen LogP contribution in [0.15, 0.2) is 48.7 Å². The van der Waals surface area contributed by atoms with Gasteiger partial charge in [0.25, 0.3) is 0 Å². The normalized spacial score (nSPS) is 20.6. The maximum absolute atomic E-state index is 12.4. The number of hydrogen-bond donors (Lipinski definition) is 1. The second-order valence-electron chi connectivity index (χ2n) is 6.09. The number of nitrogens with zero attached hydrogens (tertiary/aromatic N) is 3. The number of carbonyl (C=O) groups excluding carboxylic acids is 1. The van der Waals surface area contributed by atoms with E-state index in [1.54, 1.807) is 0 Å². The molecule has 2 aliphatic rings. The van der Waals surface area contributed by atoms with Crippen molar-refractivity contribution in [3.8, 4) is 0 Å². The van der Waals surface area contributed by atoms with E-state index in [9.17, 15) is 4.79 Å². The molecule has 5 nitrogen and oxygen atoms in total. The smallest absolute Gasteiger partial charge is 0.248 e. The van der Waals surface area contributed by atoms with Gasteiger partial charge in [-0.25, -0.2) is 0 Å². The first-order valence-corrected chi connectivity index (χ1v) is 8.10. The van der Waals surface area contributed by atoms with Gasteiger partial charge in [-0.1, -0.05) is 18.2 Å². The van der Waals surface area contributed by atoms with E-state index >= 15 is 0 Å². The molecule has 1 unspecified atom stereocenters. The Kier molecular flexibility index (Phi) is 3.71. The third-order valence-corrected chi connectivity index (χ3v) is 4.65. The number of nitrogens with one attached hydrogen (secondary N) is 1. The van der Waals surface area contributed by atoms with Crippen LogP contribution in [0.1, 0.15) is 5.69 Å². The summed E-state index contributed by atoms with van der Waals surface area (Å²) >= 11 is 0. The fourth-order valence-electron chi connectivity index (χ4n) is 3.42. The van der Waals surface area contributed by atoms with Crippen molar-refractivity contribution in [2.24, 2.45) is 0 Å². The molecule has 1 saturated heterocycles. The summed E-state index contributed by atoms with van der Waals surface area (Å²) in [5, 5.41) is 3.03. The summed E-state index contributed by atoms with van der Waals surface area (Å²) in [5.74, 6) is 0.103. The summed E-state index contributed by atoms with van der Waals surface area (Å²) in [7, 11) is 0. The van der Waals surface area contributed by atoms with Crippen molar-refractivity contribution >= 4 is 17.3 Å². The van der Waals surface area contributed by atoms with Crippen LogP contribution in [0.5, 0.6) is 0 Å². The summed E-state index contributed by atoms with van der Waals surface area (Å²) in [5.41, 5.74) is 3.17. The lowest BCUT2D eigenvalue weighted by atomic mass is 10.0. The van der Waals surface area contributed by atoms with Gasteiger partial charge in [0.15, 0.2) is 0 Å². The van der Waals surface area contributed by atoms with Crippen molar-refractivity contribution in [1.82, 2.24) is 9.88 Å². The van der Waals surface area contributed by atoms with Crippen molar-refractivity contribution in [3.63, 3.8) is 0 Å². The molecule has 3 heterocycles. The Morgan fingerprint density at radius 3 is 2.87 bits per heavy atom. The highest BCUT2D eigenvalue weighted by molar-refractivity contribution is 6.03. The number of pyridine rings is 1. The van der Waals surface area contributed by atoms with Gasteiger partial charge in [-0.3, -0.25) is 14.7 Å². The minimum absolute atomic E-state index is 0.0950. The summed E-state index contributed by atoms with van der Waals surface area (Å²) in [6, 6.07) is 14.0. The predicted molar refractivity (Wildman–Crippen MR) is 90.6 cm³/mol. The second kappa shape index (κ2) is 6.01. The van der Waals surface area contributed by atoms with Crippen LogP contribution >= 0.6 is 0 Å². The Morgan fingerprint density at radius 1 is 1.13 bits per heavy atom. The molecule has 0 spiro atoms. The van der Waals surface area contributed by atoms with Crippen LogP contribution in [0.3, 0.4) is 0 Å². The molecule has 0 bridgehead atoms. The van der Waals surface area contributed by atoms with Crippen LogP contribution in [-0.2, 0) is 11.2 Å². The van der Waals surface area contributed by atoms with Crippen LogP contribution < -0.4 is 10.2 Å². The van der Waals surface area contributed by atoms with Crippen LogP contribution in [0.25, 0.3) is 0 Å². The molecular weight excluding hydrogens is 288 g/mol. The van der Waals surface area contributed by atoms with Gasteiger partial charge in [-0.05, 0) is 24.3 Å². The van der Waals surface area contributed by atoms with Crippen LogP contribution in [0, 0.1) is 0 Å². The van der Waals surface area contributed by atoms with Crippen LogP contribution in [-0.4, -0.2) is 48.0 Å². The Labute approximate surface area is 135 Å². The van der Waals surface area contributed by atoms with E-state index in [-0.39, 0.29) is 11.9 Å². The van der Waals surface area contributed by atoms with E-state index in [4.69, 9.17) is 0 Å². The molecule has 1 atom stereocenters. The van der Waals surface area contributed by atoms with E-state index in [1.807, 2.05) is 36.5 Å². The highest BCUT2D eigenvalue weighted by Gasteiger charge is 2.36. The molecular formula is C18H20N4O. The van der Waals surface area contributed by atoms with Crippen LogP contribution in [0.2, 0.25) is 0 Å². The molecule has 0 radical (unpaired) electrons. The SMILES string of the molecule is O=C1Nc2ccccc2N2CCN(CCc3ccccn3)CC12. The third kappa shape index (κ3) is 2.80. The number of rotatable bonds is 3. The molecule has 1 amide bonds. The number of piperazine rings is 1. The Hall–Kier alpha value is -2.40. The van der Waals surface area contributed by atoms with Gasteiger partial charge in [0.05, 0.1) is 11.4 Å². The van der Waals surface area contributed by atoms with Gasteiger partial charge < -0.3 is 10.2 Å². The van der Waals surface area contributed by atoms with E-state index in [0.29, 0.717) is 0 Å². The van der Waals surface area contributed by atoms with E-state index in [0.717, 1.165) is 49.7 Å². The molecule has 118 valence electrons. The predicted octanol–water partition coefficient (Wildman–Crippen LogP) is 1.77. The van der Waals surface area contributed by atoms with E-state index in [2.05, 4.69) is 32.2 Å². The lowest BCUT2D eigenvalue weighted by molar-refractivity contribution is -0.118. The summed E-state index contributed by atoms with van der Waals surface area (Å²) < 4.78 is 0. The molecule has 1 fully saturated rings. The average Bonchev–Trinajstić information content (AvgIpc) is 2.61. The number of para-hydroxylation sites is 2. The number of carbonyl (C=O) groups is 1. The number of benzene rings is 1. The number of amides is 1. The average molecular weight is 308 g/mol. The van der Waals surface area contributed by atoms with Crippen molar-refractivity contribution in [3.05, 3.63) is 54.4 Å². The quantitative estimate of drug-likeness (QED) is 0.939. The minimum Gasteiger partial charge on any atom is -0.355 e. The van der Waals surface area contributed by atoms with Gasteiger partial charge in [0.2, 0.25) is 5.91 Å². The topological polar surface area (TPSA) is 48.5 Å². The van der Waals surface area contributed by atoms with Gasteiger partial charge in [0, 0.05) is 44.5 Å². The number of hydrogen-bond acceptors (Lipinski definition) is 4. The zero-order chi connectivity index (χ0) is 15.6. The van der Waals surface area contributed by atoms with Crippen molar-refractivity contribution in [2.45, 2.75) is 12.5 Å². The molecule has 23 heavy (non-hydrogen) atoms. The van der Waals surface area contributed by atoms with Gasteiger partial charge in [-0.2, -0.15) is 0 Å². The highest BCUT2D eigenvalue weighted by atomic mass is 16.2. The molecule has 0 aliphatic carbocycles. The molecule has 5 heteroatoms. The summed E-state index contributed by atoms with van der Waals surface area (Å²) in [6.07, 6.45) is 2.75. The third-order valence-electron chi connectivity index (χ3n) is 4.65. The standard InChI is InChI=1S/C18H20N4O/c23-18-17-13-21(10-8-14-5-3-4-9-19-14)11-12-22(17)16-7-2-1-6-15(16)20-18/h1-7,9,17H,8,10-13H2,(H,20,23). The zero-order valence-electron chi connectivity index (χ0n) is 13.0. The minimum atomic E-state index is -0.0950. The molecule has 2 aliphatic heterocycles. The monoisotopic (exact) mass is 308 g/mol. The molecule has 2 aromatic rings. The van der Waals surface area contributed by atoms with E-state index < -0.39 is 0 Å². The van der Waals surface area contributed by atoms with E-state index in [1.165, 1.54) is 0 Å². The largest absolute Gasteiger partial charge is 0.355 e. The molecule has 1 aromatic carbocycles. The van der Waals surface area contributed by atoms with Gasteiger partial charge in [0.1, 0.15) is 6.04 Å². The van der Waals surface area contributed by atoms with Crippen LogP contribution in [0.4, 0.5) is 11.4 Å². The van der Waals surface area contributed by atoms with Crippen molar-refractivity contribution < 1.29 is 4.79 Å².